The van der Waals surface area contributed by atoms with Crippen LogP contribution < -0.4 is 15.4 Å². The lowest BCUT2D eigenvalue weighted by Crippen LogP contribution is -2.24. The van der Waals surface area contributed by atoms with E-state index in [2.05, 4.69) is 15.6 Å². The number of ether oxygens (including phenoxy) is 1. The Hall–Kier alpha value is -3.67. The Balaban J connectivity index is 1.48. The lowest BCUT2D eigenvalue weighted by atomic mass is 10.1. The van der Waals surface area contributed by atoms with Gasteiger partial charge in [-0.2, -0.15) is 0 Å². The highest BCUT2D eigenvalue weighted by Crippen LogP contribution is 2.22. The lowest BCUT2D eigenvalue weighted by Gasteiger charge is -2.13. The SMILES string of the molecule is Cc1cccc(C)c1OCCCC(=O)Nc1ccccc1CNC(=O)c1cccnc1. The highest BCUT2D eigenvalue weighted by atomic mass is 16.5. The van der Waals surface area contributed by atoms with Crippen molar-refractivity contribution in [2.75, 3.05) is 11.9 Å². The van der Waals surface area contributed by atoms with E-state index in [0.717, 1.165) is 22.4 Å². The van der Waals surface area contributed by atoms with Crippen LogP contribution >= 0.6 is 0 Å². The van der Waals surface area contributed by atoms with Crippen molar-refractivity contribution in [3.8, 4) is 5.75 Å². The van der Waals surface area contributed by atoms with Gasteiger partial charge < -0.3 is 15.4 Å². The molecule has 1 aromatic heterocycles. The molecule has 0 bridgehead atoms. The number of nitrogens with one attached hydrogen (secondary N) is 2. The molecule has 2 amide bonds. The third kappa shape index (κ3) is 6.40. The van der Waals surface area contributed by atoms with Crippen LogP contribution in [0.4, 0.5) is 5.69 Å². The molecule has 1 heterocycles. The Morgan fingerprint density at radius 2 is 1.74 bits per heavy atom. The van der Waals surface area contributed by atoms with Gasteiger partial charge >= 0.3 is 0 Å². The van der Waals surface area contributed by atoms with Gasteiger partial charge in [0.1, 0.15) is 5.75 Å². The monoisotopic (exact) mass is 417 g/mol. The van der Waals surface area contributed by atoms with Gasteiger partial charge in [0.15, 0.2) is 0 Å². The highest BCUT2D eigenvalue weighted by molar-refractivity contribution is 5.94. The van der Waals surface area contributed by atoms with Gasteiger partial charge in [0.25, 0.3) is 5.91 Å². The minimum Gasteiger partial charge on any atom is -0.493 e. The summed E-state index contributed by atoms with van der Waals surface area (Å²) in [7, 11) is 0. The van der Waals surface area contributed by atoms with E-state index in [1.807, 2.05) is 56.3 Å². The number of amides is 2. The summed E-state index contributed by atoms with van der Waals surface area (Å²) in [6.45, 7) is 4.81. The fourth-order valence-electron chi connectivity index (χ4n) is 3.22. The molecule has 3 aromatic rings. The molecular formula is C25H27N3O3. The molecule has 6 heteroatoms. The van der Waals surface area contributed by atoms with Crippen LogP contribution in [0, 0.1) is 13.8 Å². The summed E-state index contributed by atoms with van der Waals surface area (Å²) in [4.78, 5) is 28.6. The van der Waals surface area contributed by atoms with Crippen molar-refractivity contribution >= 4 is 17.5 Å². The van der Waals surface area contributed by atoms with Crippen LogP contribution in [-0.4, -0.2) is 23.4 Å². The van der Waals surface area contributed by atoms with E-state index < -0.39 is 0 Å². The highest BCUT2D eigenvalue weighted by Gasteiger charge is 2.10. The summed E-state index contributed by atoms with van der Waals surface area (Å²) in [6, 6.07) is 16.9. The van der Waals surface area contributed by atoms with E-state index in [1.54, 1.807) is 18.3 Å². The second-order valence-corrected chi connectivity index (χ2v) is 7.30. The summed E-state index contributed by atoms with van der Waals surface area (Å²) in [5.41, 5.74) is 4.20. The largest absolute Gasteiger partial charge is 0.493 e. The van der Waals surface area contributed by atoms with Crippen molar-refractivity contribution in [1.29, 1.82) is 0 Å². The van der Waals surface area contributed by atoms with E-state index in [4.69, 9.17) is 4.74 Å². The van der Waals surface area contributed by atoms with E-state index in [0.29, 0.717) is 37.2 Å². The standard InChI is InChI=1S/C25H27N3O3/c1-18-8-5-9-19(2)24(18)31-15-7-13-23(29)28-22-12-4-3-10-20(22)17-27-25(30)21-11-6-14-26-16-21/h3-6,8-12,14,16H,7,13,15,17H2,1-2H3,(H,27,30)(H,28,29). The number of aromatic nitrogens is 1. The average Bonchev–Trinajstić information content (AvgIpc) is 2.78. The van der Waals surface area contributed by atoms with Gasteiger partial charge in [-0.3, -0.25) is 14.6 Å². The van der Waals surface area contributed by atoms with E-state index in [9.17, 15) is 9.59 Å². The summed E-state index contributed by atoms with van der Waals surface area (Å²) in [5, 5.41) is 5.80. The third-order valence-corrected chi connectivity index (χ3v) is 4.86. The molecule has 6 nitrogen and oxygen atoms in total. The number of carbonyl (C=O) groups excluding carboxylic acids is 2. The molecular weight excluding hydrogens is 390 g/mol. The summed E-state index contributed by atoms with van der Waals surface area (Å²) in [5.74, 6) is 0.589. The number of carbonyl (C=O) groups is 2. The number of aryl methyl sites for hydroxylation is 2. The Morgan fingerprint density at radius 3 is 2.48 bits per heavy atom. The first-order valence-electron chi connectivity index (χ1n) is 10.3. The molecule has 31 heavy (non-hydrogen) atoms. The lowest BCUT2D eigenvalue weighted by molar-refractivity contribution is -0.116. The first kappa shape index (κ1) is 22.0. The Morgan fingerprint density at radius 1 is 0.968 bits per heavy atom. The van der Waals surface area contributed by atoms with E-state index >= 15 is 0 Å². The van der Waals surface area contributed by atoms with Gasteiger partial charge in [0.05, 0.1) is 12.2 Å². The predicted molar refractivity (Wildman–Crippen MR) is 121 cm³/mol. The third-order valence-electron chi connectivity index (χ3n) is 4.86. The number of pyridine rings is 1. The molecule has 0 saturated heterocycles. The summed E-state index contributed by atoms with van der Waals surface area (Å²) >= 11 is 0. The molecule has 0 aliphatic heterocycles. The van der Waals surface area contributed by atoms with Crippen LogP contribution in [0.1, 0.15) is 39.9 Å². The second kappa shape index (κ2) is 10.9. The maximum atomic E-state index is 12.4. The van der Waals surface area contributed by atoms with Gasteiger partial charge in [-0.25, -0.2) is 0 Å². The second-order valence-electron chi connectivity index (χ2n) is 7.30. The van der Waals surface area contributed by atoms with Gasteiger partial charge in [0, 0.05) is 31.0 Å². The molecule has 3 rings (SSSR count). The molecule has 0 unspecified atom stereocenters. The Kier molecular flexibility index (Phi) is 7.76. The molecule has 0 radical (unpaired) electrons. The minimum absolute atomic E-state index is 0.0869. The maximum Gasteiger partial charge on any atom is 0.253 e. The van der Waals surface area contributed by atoms with Crippen LogP contribution in [0.15, 0.2) is 67.0 Å². The molecule has 2 N–H and O–H groups in total. The van der Waals surface area contributed by atoms with Gasteiger partial charge in [0.2, 0.25) is 5.91 Å². The summed E-state index contributed by atoms with van der Waals surface area (Å²) in [6.07, 6.45) is 4.10. The topological polar surface area (TPSA) is 80.3 Å². The number of para-hydroxylation sites is 2. The number of hydrogen-bond acceptors (Lipinski definition) is 4. The van der Waals surface area contributed by atoms with E-state index in [1.165, 1.54) is 6.20 Å². The van der Waals surface area contributed by atoms with Crippen molar-refractivity contribution in [1.82, 2.24) is 10.3 Å². The number of rotatable bonds is 9. The fraction of sp³-hybridized carbons (Fsp3) is 0.240. The molecule has 0 atom stereocenters. The van der Waals surface area contributed by atoms with Crippen molar-refractivity contribution in [3.63, 3.8) is 0 Å². The molecule has 2 aromatic carbocycles. The Labute approximate surface area is 182 Å². The fourth-order valence-corrected chi connectivity index (χ4v) is 3.22. The predicted octanol–water partition coefficient (Wildman–Crippen LogP) is 4.43. The zero-order valence-electron chi connectivity index (χ0n) is 17.9. The molecule has 0 saturated carbocycles. The maximum absolute atomic E-state index is 12.4. The number of anilines is 1. The zero-order chi connectivity index (χ0) is 22.1. The Bertz CT molecular complexity index is 1010. The minimum atomic E-state index is -0.210. The molecule has 0 spiro atoms. The van der Waals surface area contributed by atoms with E-state index in [-0.39, 0.29) is 11.8 Å². The quantitative estimate of drug-likeness (QED) is 0.505. The van der Waals surface area contributed by atoms with Crippen molar-refractivity contribution in [2.45, 2.75) is 33.2 Å². The molecule has 0 aliphatic carbocycles. The molecule has 160 valence electrons. The number of hydrogen-bond donors (Lipinski definition) is 2. The zero-order valence-corrected chi connectivity index (χ0v) is 17.9. The molecule has 0 fully saturated rings. The van der Waals surface area contributed by atoms with Crippen LogP contribution in [0.3, 0.4) is 0 Å². The van der Waals surface area contributed by atoms with Crippen LogP contribution in [0.25, 0.3) is 0 Å². The van der Waals surface area contributed by atoms with Crippen molar-refractivity contribution in [2.24, 2.45) is 0 Å². The number of nitrogens with zero attached hydrogens (tertiary/aromatic N) is 1. The van der Waals surface area contributed by atoms with Crippen LogP contribution in [0.2, 0.25) is 0 Å². The van der Waals surface area contributed by atoms with Crippen LogP contribution in [-0.2, 0) is 11.3 Å². The average molecular weight is 418 g/mol. The van der Waals surface area contributed by atoms with Gasteiger partial charge in [-0.1, -0.05) is 36.4 Å². The first-order chi connectivity index (χ1) is 15.0. The summed E-state index contributed by atoms with van der Waals surface area (Å²) < 4.78 is 5.87. The van der Waals surface area contributed by atoms with Crippen LogP contribution in [0.5, 0.6) is 5.75 Å². The first-order valence-corrected chi connectivity index (χ1v) is 10.3. The number of benzene rings is 2. The van der Waals surface area contributed by atoms with Crippen molar-refractivity contribution in [3.05, 3.63) is 89.2 Å². The van der Waals surface area contributed by atoms with Gasteiger partial charge in [-0.15, -0.1) is 0 Å². The smallest absolute Gasteiger partial charge is 0.253 e. The molecule has 0 aliphatic rings. The normalized spacial score (nSPS) is 10.4. The van der Waals surface area contributed by atoms with Crippen molar-refractivity contribution < 1.29 is 14.3 Å². The van der Waals surface area contributed by atoms with Gasteiger partial charge in [-0.05, 0) is 55.2 Å².